The van der Waals surface area contributed by atoms with E-state index in [0.717, 1.165) is 23.1 Å². The third kappa shape index (κ3) is 10.3. The van der Waals surface area contributed by atoms with Crippen molar-refractivity contribution in [2.24, 2.45) is 0 Å². The Kier molecular flexibility index (Phi) is 12.7. The normalized spacial score (nSPS) is 13.5. The summed E-state index contributed by atoms with van der Waals surface area (Å²) < 4.78 is 6.82. The maximum atomic E-state index is 12.5. The number of rotatable bonds is 14. The summed E-state index contributed by atoms with van der Waals surface area (Å²) in [5, 5.41) is 27.5. The summed E-state index contributed by atoms with van der Waals surface area (Å²) in [4.78, 5) is 12.5. The van der Waals surface area contributed by atoms with Crippen LogP contribution in [0.15, 0.2) is 60.7 Å². The van der Waals surface area contributed by atoms with Crippen LogP contribution < -0.4 is 10.6 Å². The summed E-state index contributed by atoms with van der Waals surface area (Å²) in [7, 11) is -2.11. The van der Waals surface area contributed by atoms with Crippen LogP contribution in [0.25, 0.3) is 0 Å². The number of hydrogen-bond donors (Lipinski definition) is 4. The third-order valence-electron chi connectivity index (χ3n) is 8.24. The first kappa shape index (κ1) is 35.1. The standard InChI is InChI=1S/C34H46Cl2N2O4Si/c1-23(37-21-32(42-43(5,6)34(2,3)4)26-14-15-31(40)27(19-26)22-39)17-25-10-7-9-24(18-25)13-16-33(41)38-20-28-29(35)11-8-12-30(28)36/h7-12,14-15,18-19,23,32,37,39-40H,13,16-17,20-22H2,1-6H3,(H,38,41)/t23-,32+/m1/s1. The highest BCUT2D eigenvalue weighted by Gasteiger charge is 2.39. The van der Waals surface area contributed by atoms with E-state index < -0.39 is 8.32 Å². The van der Waals surface area contributed by atoms with Crippen LogP contribution in [0.2, 0.25) is 28.2 Å². The maximum Gasteiger partial charge on any atom is 0.220 e. The van der Waals surface area contributed by atoms with Crippen LogP contribution in [0.3, 0.4) is 0 Å². The van der Waals surface area contributed by atoms with Gasteiger partial charge in [0.25, 0.3) is 0 Å². The Morgan fingerprint density at radius 1 is 1.00 bits per heavy atom. The van der Waals surface area contributed by atoms with E-state index in [9.17, 15) is 15.0 Å². The molecule has 43 heavy (non-hydrogen) atoms. The predicted octanol–water partition coefficient (Wildman–Crippen LogP) is 7.72. The molecule has 0 aliphatic carbocycles. The molecular weight excluding hydrogens is 599 g/mol. The minimum atomic E-state index is -2.11. The molecule has 9 heteroatoms. The number of hydrogen-bond acceptors (Lipinski definition) is 5. The van der Waals surface area contributed by atoms with Gasteiger partial charge in [0.1, 0.15) is 5.75 Å². The average molecular weight is 646 g/mol. The molecule has 0 aromatic heterocycles. The number of carbonyl (C=O) groups is 1. The topological polar surface area (TPSA) is 90.8 Å². The van der Waals surface area contributed by atoms with E-state index in [0.29, 0.717) is 41.5 Å². The van der Waals surface area contributed by atoms with Crippen molar-refractivity contribution in [2.75, 3.05) is 6.54 Å². The number of phenols is 1. The van der Waals surface area contributed by atoms with Gasteiger partial charge in [0.2, 0.25) is 5.91 Å². The van der Waals surface area contributed by atoms with Crippen molar-refractivity contribution in [3.8, 4) is 5.75 Å². The van der Waals surface area contributed by atoms with Gasteiger partial charge in [0.15, 0.2) is 8.32 Å². The minimum absolute atomic E-state index is 0.0343. The molecule has 3 rings (SSSR count). The average Bonchev–Trinajstić information content (AvgIpc) is 2.93. The summed E-state index contributed by atoms with van der Waals surface area (Å²) in [5.74, 6) is 0.0313. The number of carbonyl (C=O) groups excluding carboxylic acids is 1. The van der Waals surface area contributed by atoms with Gasteiger partial charge in [-0.05, 0) is 78.9 Å². The van der Waals surface area contributed by atoms with Crippen molar-refractivity contribution >= 4 is 37.4 Å². The maximum absolute atomic E-state index is 12.5. The molecule has 1 amide bonds. The van der Waals surface area contributed by atoms with Crippen molar-refractivity contribution in [1.82, 2.24) is 10.6 Å². The first-order valence-corrected chi connectivity index (χ1v) is 18.5. The summed E-state index contributed by atoms with van der Waals surface area (Å²) in [6.45, 7) is 13.9. The van der Waals surface area contributed by atoms with Gasteiger partial charge in [-0.15, -0.1) is 0 Å². The van der Waals surface area contributed by atoms with E-state index in [1.807, 2.05) is 24.3 Å². The molecule has 0 aliphatic rings. The highest BCUT2D eigenvalue weighted by atomic mass is 35.5. The monoisotopic (exact) mass is 644 g/mol. The highest BCUT2D eigenvalue weighted by Crippen LogP contribution is 2.40. The van der Waals surface area contributed by atoms with Crippen LogP contribution in [0.5, 0.6) is 5.75 Å². The van der Waals surface area contributed by atoms with Crippen LogP contribution in [-0.4, -0.2) is 37.0 Å². The molecule has 0 saturated heterocycles. The highest BCUT2D eigenvalue weighted by molar-refractivity contribution is 6.74. The number of halogens is 2. The first-order valence-electron chi connectivity index (χ1n) is 14.8. The van der Waals surface area contributed by atoms with Gasteiger partial charge in [-0.3, -0.25) is 4.79 Å². The number of aliphatic hydroxyl groups is 1. The van der Waals surface area contributed by atoms with Crippen LogP contribution in [0.1, 0.15) is 68.0 Å². The Balaban J connectivity index is 1.59. The van der Waals surface area contributed by atoms with E-state index in [4.69, 9.17) is 27.6 Å². The number of nitrogens with one attached hydrogen (secondary N) is 2. The molecule has 234 valence electrons. The molecule has 3 aromatic rings. The molecular formula is C34H46Cl2N2O4Si. The zero-order valence-electron chi connectivity index (χ0n) is 26.1. The molecule has 2 atom stereocenters. The van der Waals surface area contributed by atoms with Crippen molar-refractivity contribution < 1.29 is 19.4 Å². The van der Waals surface area contributed by atoms with E-state index >= 15 is 0 Å². The van der Waals surface area contributed by atoms with E-state index in [-0.39, 0.29) is 35.4 Å². The molecule has 0 fully saturated rings. The van der Waals surface area contributed by atoms with Crippen LogP contribution >= 0.6 is 23.2 Å². The predicted molar refractivity (Wildman–Crippen MR) is 179 cm³/mol. The van der Waals surface area contributed by atoms with Gasteiger partial charge >= 0.3 is 0 Å². The Morgan fingerprint density at radius 3 is 2.30 bits per heavy atom. The second-order valence-electron chi connectivity index (χ2n) is 12.7. The molecule has 0 saturated carbocycles. The van der Waals surface area contributed by atoms with Gasteiger partial charge in [-0.1, -0.05) is 80.4 Å². The Labute approximate surface area is 267 Å². The number of aliphatic hydroxyl groups excluding tert-OH is 1. The van der Waals surface area contributed by atoms with E-state index in [1.165, 1.54) is 5.56 Å². The lowest BCUT2D eigenvalue weighted by atomic mass is 10.0. The van der Waals surface area contributed by atoms with Gasteiger partial charge in [0.05, 0.1) is 12.7 Å². The number of aromatic hydroxyl groups is 1. The number of amides is 1. The summed E-state index contributed by atoms with van der Waals surface area (Å²) in [6.07, 6.45) is 1.59. The second-order valence-corrected chi connectivity index (χ2v) is 18.3. The molecule has 3 aromatic carbocycles. The third-order valence-corrected chi connectivity index (χ3v) is 13.4. The van der Waals surface area contributed by atoms with Gasteiger partial charge in [-0.25, -0.2) is 0 Å². The van der Waals surface area contributed by atoms with Crippen LogP contribution in [-0.2, 0) is 35.2 Å². The zero-order chi connectivity index (χ0) is 31.8. The Morgan fingerprint density at radius 2 is 1.65 bits per heavy atom. The quantitative estimate of drug-likeness (QED) is 0.135. The zero-order valence-corrected chi connectivity index (χ0v) is 28.6. The van der Waals surface area contributed by atoms with E-state index in [2.05, 4.69) is 63.6 Å². The number of benzene rings is 3. The summed E-state index contributed by atoms with van der Waals surface area (Å²) in [6, 6.07) is 19.2. The fourth-order valence-corrected chi connectivity index (χ4v) is 6.39. The fourth-order valence-electron chi connectivity index (χ4n) is 4.57. The molecule has 0 spiro atoms. The van der Waals surface area contributed by atoms with Crippen LogP contribution in [0.4, 0.5) is 0 Å². The molecule has 0 radical (unpaired) electrons. The largest absolute Gasteiger partial charge is 0.508 e. The number of aryl methyl sites for hydroxylation is 1. The minimum Gasteiger partial charge on any atom is -0.508 e. The summed E-state index contributed by atoms with van der Waals surface area (Å²) >= 11 is 12.4. The summed E-state index contributed by atoms with van der Waals surface area (Å²) in [5.41, 5.74) is 4.44. The van der Waals surface area contributed by atoms with Crippen molar-refractivity contribution in [3.63, 3.8) is 0 Å². The smallest absolute Gasteiger partial charge is 0.220 e. The Bertz CT molecular complexity index is 1360. The fraction of sp³-hybridized carbons (Fsp3) is 0.441. The van der Waals surface area contributed by atoms with Crippen LogP contribution in [0, 0.1) is 0 Å². The molecule has 4 N–H and O–H groups in total. The Hall–Kier alpha value is -2.39. The van der Waals surface area contributed by atoms with Crippen molar-refractivity contribution in [1.29, 1.82) is 0 Å². The van der Waals surface area contributed by atoms with E-state index in [1.54, 1.807) is 24.3 Å². The van der Waals surface area contributed by atoms with Gasteiger partial charge in [-0.2, -0.15) is 0 Å². The van der Waals surface area contributed by atoms with Crippen molar-refractivity contribution in [3.05, 3.63) is 98.5 Å². The van der Waals surface area contributed by atoms with Crippen molar-refractivity contribution in [2.45, 2.75) is 90.4 Å². The molecule has 0 bridgehead atoms. The lowest BCUT2D eigenvalue weighted by Gasteiger charge is -2.40. The molecule has 6 nitrogen and oxygen atoms in total. The first-order chi connectivity index (χ1) is 20.2. The molecule has 0 aliphatic heterocycles. The molecule has 0 heterocycles. The second kappa shape index (κ2) is 15.6. The van der Waals surface area contributed by atoms with Gasteiger partial charge in [0, 0.05) is 46.7 Å². The lowest BCUT2D eigenvalue weighted by Crippen LogP contribution is -2.44. The van der Waals surface area contributed by atoms with Gasteiger partial charge < -0.3 is 25.3 Å². The SMILES string of the molecule is C[C@H](Cc1cccc(CCC(=O)NCc2c(Cl)cccc2Cl)c1)NC[C@H](O[Si](C)(C)C(C)(C)C)c1ccc(O)c(CO)c1. The molecule has 0 unspecified atom stereocenters. The lowest BCUT2D eigenvalue weighted by molar-refractivity contribution is -0.121.